The van der Waals surface area contributed by atoms with Gasteiger partial charge in [0.1, 0.15) is 0 Å². The number of likely N-dealkylation sites (N-methyl/N-ethyl adjacent to an activating group) is 1. The average molecular weight is 262 g/mol. The molecule has 1 aliphatic carbocycles. The first kappa shape index (κ1) is 13.9. The monoisotopic (exact) mass is 262 g/mol. The van der Waals surface area contributed by atoms with Crippen molar-refractivity contribution >= 4 is 11.6 Å². The topological polar surface area (TPSA) is 52.6 Å². The molecule has 0 aromatic heterocycles. The Morgan fingerprint density at radius 3 is 2.79 bits per heavy atom. The van der Waals surface area contributed by atoms with Crippen LogP contribution < -0.4 is 10.2 Å². The molecule has 0 spiro atoms. The lowest BCUT2D eigenvalue weighted by Gasteiger charge is -2.23. The number of hydrogen-bond acceptors (Lipinski definition) is 3. The fourth-order valence-electron chi connectivity index (χ4n) is 2.14. The van der Waals surface area contributed by atoms with E-state index in [2.05, 4.69) is 5.32 Å². The van der Waals surface area contributed by atoms with Crippen molar-refractivity contribution in [2.45, 2.75) is 38.3 Å². The number of carbonyl (C=O) groups excluding carboxylic acids is 1. The first-order valence-corrected chi connectivity index (χ1v) is 6.89. The SMILES string of the molecule is CC[C@H](O)c1ccccc1N(C)CC(=O)NC1CC1. The van der Waals surface area contributed by atoms with Gasteiger partial charge in [-0.2, -0.15) is 0 Å². The van der Waals surface area contributed by atoms with Crippen LogP contribution in [-0.2, 0) is 4.79 Å². The van der Waals surface area contributed by atoms with Gasteiger partial charge in [-0.15, -0.1) is 0 Å². The highest BCUT2D eigenvalue weighted by molar-refractivity contribution is 5.82. The Kier molecular flexibility index (Phi) is 4.43. The van der Waals surface area contributed by atoms with Crippen molar-refractivity contribution in [2.24, 2.45) is 0 Å². The van der Waals surface area contributed by atoms with E-state index in [0.717, 1.165) is 24.1 Å². The van der Waals surface area contributed by atoms with Crippen molar-refractivity contribution in [3.05, 3.63) is 29.8 Å². The molecule has 0 aliphatic heterocycles. The van der Waals surface area contributed by atoms with Crippen LogP contribution in [0.5, 0.6) is 0 Å². The van der Waals surface area contributed by atoms with Crippen LogP contribution >= 0.6 is 0 Å². The Balaban J connectivity index is 2.04. The Morgan fingerprint density at radius 2 is 2.16 bits per heavy atom. The first-order chi connectivity index (χ1) is 9.11. The molecule has 0 saturated heterocycles. The number of anilines is 1. The van der Waals surface area contributed by atoms with Crippen molar-refractivity contribution in [3.8, 4) is 0 Å². The summed E-state index contributed by atoms with van der Waals surface area (Å²) >= 11 is 0. The summed E-state index contributed by atoms with van der Waals surface area (Å²) in [5.74, 6) is 0.0470. The summed E-state index contributed by atoms with van der Waals surface area (Å²) in [6.07, 6.45) is 2.38. The van der Waals surface area contributed by atoms with Gasteiger partial charge in [-0.1, -0.05) is 25.1 Å². The van der Waals surface area contributed by atoms with E-state index in [1.807, 2.05) is 43.1 Å². The Hall–Kier alpha value is -1.55. The lowest BCUT2D eigenvalue weighted by molar-refractivity contribution is -0.119. The van der Waals surface area contributed by atoms with Gasteiger partial charge < -0.3 is 15.3 Å². The number of aliphatic hydroxyl groups excluding tert-OH is 1. The number of carbonyl (C=O) groups is 1. The molecule has 1 fully saturated rings. The molecule has 0 heterocycles. The molecule has 2 rings (SSSR count). The van der Waals surface area contributed by atoms with Crippen LogP contribution in [0.15, 0.2) is 24.3 Å². The molecule has 1 amide bonds. The normalized spacial score (nSPS) is 15.9. The van der Waals surface area contributed by atoms with Crippen LogP contribution in [-0.4, -0.2) is 30.6 Å². The maximum absolute atomic E-state index is 11.8. The Morgan fingerprint density at radius 1 is 1.47 bits per heavy atom. The van der Waals surface area contributed by atoms with E-state index >= 15 is 0 Å². The fraction of sp³-hybridized carbons (Fsp3) is 0.533. The summed E-state index contributed by atoms with van der Waals surface area (Å²) < 4.78 is 0. The smallest absolute Gasteiger partial charge is 0.239 e. The summed E-state index contributed by atoms with van der Waals surface area (Å²) in [5, 5.41) is 13.0. The maximum Gasteiger partial charge on any atom is 0.239 e. The van der Waals surface area contributed by atoms with E-state index in [-0.39, 0.29) is 5.91 Å². The van der Waals surface area contributed by atoms with Crippen LogP contribution in [0.25, 0.3) is 0 Å². The lowest BCUT2D eigenvalue weighted by Crippen LogP contribution is -2.36. The standard InChI is InChI=1S/C15H22N2O2/c1-3-14(18)12-6-4-5-7-13(12)17(2)10-15(19)16-11-8-9-11/h4-7,11,14,18H,3,8-10H2,1-2H3,(H,16,19)/t14-/m0/s1. The highest BCUT2D eigenvalue weighted by Gasteiger charge is 2.24. The predicted molar refractivity (Wildman–Crippen MR) is 76.1 cm³/mol. The first-order valence-electron chi connectivity index (χ1n) is 6.89. The van der Waals surface area contributed by atoms with Gasteiger partial charge in [-0.05, 0) is 25.3 Å². The number of nitrogens with one attached hydrogen (secondary N) is 1. The summed E-state index contributed by atoms with van der Waals surface area (Å²) in [5.41, 5.74) is 1.80. The van der Waals surface area contributed by atoms with Crippen LogP contribution in [0, 0.1) is 0 Å². The molecule has 0 unspecified atom stereocenters. The van der Waals surface area contributed by atoms with Gasteiger partial charge in [0, 0.05) is 24.3 Å². The molecule has 104 valence electrons. The number of amides is 1. The molecule has 1 aliphatic rings. The molecular formula is C15H22N2O2. The number of benzene rings is 1. The molecule has 1 aromatic carbocycles. The number of aliphatic hydroxyl groups is 1. The van der Waals surface area contributed by atoms with Crippen molar-refractivity contribution in [2.75, 3.05) is 18.5 Å². The molecule has 2 N–H and O–H groups in total. The highest BCUT2D eigenvalue weighted by Crippen LogP contribution is 2.27. The quantitative estimate of drug-likeness (QED) is 0.822. The second kappa shape index (κ2) is 6.06. The van der Waals surface area contributed by atoms with Gasteiger partial charge in [0.25, 0.3) is 0 Å². The van der Waals surface area contributed by atoms with Crippen LogP contribution in [0.4, 0.5) is 5.69 Å². The van der Waals surface area contributed by atoms with E-state index in [1.54, 1.807) is 0 Å². The third kappa shape index (κ3) is 3.70. The molecule has 4 heteroatoms. The van der Waals surface area contributed by atoms with Gasteiger partial charge in [0.15, 0.2) is 0 Å². The molecule has 1 saturated carbocycles. The van der Waals surface area contributed by atoms with E-state index in [9.17, 15) is 9.90 Å². The molecule has 1 aromatic rings. The lowest BCUT2D eigenvalue weighted by atomic mass is 10.0. The van der Waals surface area contributed by atoms with Gasteiger partial charge >= 0.3 is 0 Å². The molecule has 0 radical (unpaired) electrons. The summed E-state index contributed by atoms with van der Waals surface area (Å²) in [7, 11) is 1.88. The van der Waals surface area contributed by atoms with Gasteiger partial charge in [0.2, 0.25) is 5.91 Å². The zero-order valence-electron chi connectivity index (χ0n) is 11.6. The number of para-hydroxylation sites is 1. The second-order valence-electron chi connectivity index (χ2n) is 5.18. The van der Waals surface area contributed by atoms with Crippen molar-refractivity contribution in [1.82, 2.24) is 5.32 Å². The number of rotatable bonds is 6. The number of nitrogens with zero attached hydrogens (tertiary/aromatic N) is 1. The molecule has 4 nitrogen and oxygen atoms in total. The second-order valence-corrected chi connectivity index (χ2v) is 5.18. The Bertz CT molecular complexity index is 444. The third-order valence-electron chi connectivity index (χ3n) is 3.42. The van der Waals surface area contributed by atoms with E-state index < -0.39 is 6.10 Å². The Labute approximate surface area is 114 Å². The minimum Gasteiger partial charge on any atom is -0.388 e. The highest BCUT2D eigenvalue weighted by atomic mass is 16.3. The zero-order valence-corrected chi connectivity index (χ0v) is 11.6. The minimum absolute atomic E-state index is 0.0470. The largest absolute Gasteiger partial charge is 0.388 e. The third-order valence-corrected chi connectivity index (χ3v) is 3.42. The predicted octanol–water partition coefficient (Wildman–Crippen LogP) is 1.84. The van der Waals surface area contributed by atoms with Crippen molar-refractivity contribution in [1.29, 1.82) is 0 Å². The fourth-order valence-corrected chi connectivity index (χ4v) is 2.14. The average Bonchev–Trinajstić information content (AvgIpc) is 3.21. The zero-order chi connectivity index (χ0) is 13.8. The van der Waals surface area contributed by atoms with Crippen LogP contribution in [0.1, 0.15) is 37.9 Å². The van der Waals surface area contributed by atoms with Crippen molar-refractivity contribution in [3.63, 3.8) is 0 Å². The molecule has 0 bridgehead atoms. The summed E-state index contributed by atoms with van der Waals surface area (Å²) in [6, 6.07) is 8.08. The summed E-state index contributed by atoms with van der Waals surface area (Å²) in [6.45, 7) is 2.27. The van der Waals surface area contributed by atoms with E-state index in [0.29, 0.717) is 19.0 Å². The van der Waals surface area contributed by atoms with Crippen LogP contribution in [0.2, 0.25) is 0 Å². The summed E-state index contributed by atoms with van der Waals surface area (Å²) in [4.78, 5) is 13.7. The van der Waals surface area contributed by atoms with Crippen molar-refractivity contribution < 1.29 is 9.90 Å². The maximum atomic E-state index is 11.8. The van der Waals surface area contributed by atoms with Crippen LogP contribution in [0.3, 0.4) is 0 Å². The van der Waals surface area contributed by atoms with E-state index in [4.69, 9.17) is 0 Å². The van der Waals surface area contributed by atoms with Gasteiger partial charge in [-0.25, -0.2) is 0 Å². The molecular weight excluding hydrogens is 240 g/mol. The van der Waals surface area contributed by atoms with Gasteiger partial charge in [0.05, 0.1) is 12.6 Å². The molecule has 1 atom stereocenters. The molecule has 19 heavy (non-hydrogen) atoms. The minimum atomic E-state index is -0.481. The number of hydrogen-bond donors (Lipinski definition) is 2. The van der Waals surface area contributed by atoms with Gasteiger partial charge in [-0.3, -0.25) is 4.79 Å². The van der Waals surface area contributed by atoms with E-state index in [1.165, 1.54) is 0 Å².